The van der Waals surface area contributed by atoms with E-state index in [9.17, 15) is 9.90 Å². The van der Waals surface area contributed by atoms with E-state index in [4.69, 9.17) is 9.73 Å². The molecule has 0 bridgehead atoms. The molecule has 0 radical (unpaired) electrons. The second-order valence-corrected chi connectivity index (χ2v) is 11.3. The van der Waals surface area contributed by atoms with Gasteiger partial charge in [0, 0.05) is 22.5 Å². The highest BCUT2D eigenvalue weighted by molar-refractivity contribution is 7.15. The van der Waals surface area contributed by atoms with E-state index in [1.54, 1.807) is 11.3 Å². The molecule has 2 aromatic heterocycles. The van der Waals surface area contributed by atoms with E-state index in [-0.39, 0.29) is 6.42 Å². The summed E-state index contributed by atoms with van der Waals surface area (Å²) < 4.78 is 7.95. The van der Waals surface area contributed by atoms with Crippen molar-refractivity contribution in [3.05, 3.63) is 81.7 Å². The molecule has 0 saturated heterocycles. The van der Waals surface area contributed by atoms with Crippen LogP contribution < -0.4 is 4.74 Å². The average Bonchev–Trinajstić information content (AvgIpc) is 3.38. The van der Waals surface area contributed by atoms with Gasteiger partial charge in [0.25, 0.3) is 0 Å². The maximum absolute atomic E-state index is 11.8. The number of benzene rings is 2. The number of carboxylic acids is 1. The molecule has 4 aromatic rings. The van der Waals surface area contributed by atoms with Crippen LogP contribution in [0.5, 0.6) is 5.75 Å². The van der Waals surface area contributed by atoms with Gasteiger partial charge < -0.3 is 14.7 Å². The third kappa shape index (κ3) is 5.51. The van der Waals surface area contributed by atoms with E-state index in [2.05, 4.69) is 79.4 Å². The summed E-state index contributed by atoms with van der Waals surface area (Å²) in [4.78, 5) is 20.1. The van der Waals surface area contributed by atoms with E-state index in [0.717, 1.165) is 63.1 Å². The van der Waals surface area contributed by atoms with E-state index in [1.807, 2.05) is 23.6 Å². The van der Waals surface area contributed by atoms with Crippen LogP contribution in [0.25, 0.3) is 16.1 Å². The summed E-state index contributed by atoms with van der Waals surface area (Å²) in [6.07, 6.45) is 0.809. The predicted molar refractivity (Wildman–Crippen MR) is 155 cm³/mol. The van der Waals surface area contributed by atoms with Gasteiger partial charge >= 0.3 is 5.97 Å². The van der Waals surface area contributed by atoms with Crippen LogP contribution in [-0.4, -0.2) is 63.7 Å². The standard InChI is InChI=1S/C30H33N5O3S/c1-18-19(2)39-30-27(18)28(31-25(17-26(36)37)29-33-32-20(3)35(29)30)22-12-10-21(11-13-22)23-8-6-9-24(16-23)38-15-7-14-34(4)5/h6,8-13,16,25H,7,14-15,17H2,1-5H3,(H,36,37)/t25-/m0/s1. The Kier molecular flexibility index (Phi) is 7.63. The van der Waals surface area contributed by atoms with Gasteiger partial charge in [-0.25, -0.2) is 0 Å². The SMILES string of the molecule is Cc1sc2c(c1C)C(c1ccc(-c3cccc(OCCCN(C)C)c3)cc1)=N[C@@H](CC(=O)O)c1nnc(C)n1-2. The van der Waals surface area contributed by atoms with E-state index in [0.29, 0.717) is 12.4 Å². The lowest BCUT2D eigenvalue weighted by molar-refractivity contribution is -0.137. The number of aliphatic imine (C=N–C) groups is 1. The molecule has 0 fully saturated rings. The molecule has 9 heteroatoms. The molecule has 0 spiro atoms. The summed E-state index contributed by atoms with van der Waals surface area (Å²) in [5.74, 6) is 1.21. The van der Waals surface area contributed by atoms with Crippen molar-refractivity contribution in [1.29, 1.82) is 0 Å². The van der Waals surface area contributed by atoms with E-state index < -0.39 is 12.0 Å². The molecule has 1 N–H and O–H groups in total. The van der Waals surface area contributed by atoms with Crippen molar-refractivity contribution < 1.29 is 14.6 Å². The first-order valence-corrected chi connectivity index (χ1v) is 13.8. The molecule has 3 heterocycles. The topological polar surface area (TPSA) is 92.8 Å². The summed E-state index contributed by atoms with van der Waals surface area (Å²) >= 11 is 1.66. The second-order valence-electron chi connectivity index (χ2n) is 10.1. The van der Waals surface area contributed by atoms with Crippen LogP contribution in [0.3, 0.4) is 0 Å². The quantitative estimate of drug-likeness (QED) is 0.276. The maximum atomic E-state index is 11.8. The summed E-state index contributed by atoms with van der Waals surface area (Å²) in [7, 11) is 4.12. The maximum Gasteiger partial charge on any atom is 0.306 e. The zero-order chi connectivity index (χ0) is 27.7. The Balaban J connectivity index is 1.50. The number of rotatable bonds is 9. The lowest BCUT2D eigenvalue weighted by atomic mass is 9.97. The van der Waals surface area contributed by atoms with Crippen molar-refractivity contribution in [2.45, 2.75) is 39.7 Å². The number of carbonyl (C=O) groups is 1. The number of aliphatic carboxylic acids is 1. The smallest absolute Gasteiger partial charge is 0.306 e. The number of nitrogens with zero attached hydrogens (tertiary/aromatic N) is 5. The van der Waals surface area contributed by atoms with Crippen LogP contribution in [0, 0.1) is 20.8 Å². The zero-order valence-electron chi connectivity index (χ0n) is 22.9. The molecule has 0 unspecified atom stereocenters. The average molecular weight is 544 g/mol. The molecular weight excluding hydrogens is 510 g/mol. The van der Waals surface area contributed by atoms with Gasteiger partial charge in [0.15, 0.2) is 5.82 Å². The van der Waals surface area contributed by atoms with Gasteiger partial charge in [0.1, 0.15) is 22.6 Å². The van der Waals surface area contributed by atoms with Crippen molar-refractivity contribution in [2.75, 3.05) is 27.2 Å². The summed E-state index contributed by atoms with van der Waals surface area (Å²) in [5, 5.41) is 19.2. The van der Waals surface area contributed by atoms with Crippen molar-refractivity contribution in [3.8, 4) is 21.9 Å². The highest BCUT2D eigenvalue weighted by Crippen LogP contribution is 2.39. The van der Waals surface area contributed by atoms with Crippen LogP contribution in [0.4, 0.5) is 0 Å². The van der Waals surface area contributed by atoms with Crippen LogP contribution in [0.2, 0.25) is 0 Å². The molecule has 0 aliphatic carbocycles. The van der Waals surface area contributed by atoms with Crippen LogP contribution in [0.15, 0.2) is 53.5 Å². The predicted octanol–water partition coefficient (Wildman–Crippen LogP) is 5.62. The fourth-order valence-electron chi connectivity index (χ4n) is 4.85. The highest BCUT2D eigenvalue weighted by Gasteiger charge is 2.32. The Bertz CT molecular complexity index is 1530. The number of hydrogen-bond donors (Lipinski definition) is 1. The molecule has 8 nitrogen and oxygen atoms in total. The van der Waals surface area contributed by atoms with Crippen molar-refractivity contribution >= 4 is 23.0 Å². The number of aryl methyl sites for hydroxylation is 2. The van der Waals surface area contributed by atoms with Gasteiger partial charge in [-0.15, -0.1) is 21.5 Å². The van der Waals surface area contributed by atoms with E-state index in [1.165, 1.54) is 4.88 Å². The Morgan fingerprint density at radius 2 is 1.79 bits per heavy atom. The highest BCUT2D eigenvalue weighted by atomic mass is 32.1. The third-order valence-corrected chi connectivity index (χ3v) is 8.14. The second kappa shape index (κ2) is 11.1. The van der Waals surface area contributed by atoms with Gasteiger partial charge in [0.2, 0.25) is 0 Å². The monoisotopic (exact) mass is 543 g/mol. The van der Waals surface area contributed by atoms with Gasteiger partial charge in [-0.05, 0) is 70.1 Å². The molecule has 1 atom stereocenters. The summed E-state index contributed by atoms with van der Waals surface area (Å²) in [6.45, 7) is 7.74. The number of fused-ring (bicyclic) bond motifs is 3. The molecular formula is C30H33N5O3S. The Morgan fingerprint density at radius 1 is 1.05 bits per heavy atom. The molecule has 0 saturated carbocycles. The minimum absolute atomic E-state index is 0.159. The van der Waals surface area contributed by atoms with E-state index >= 15 is 0 Å². The first-order valence-electron chi connectivity index (χ1n) is 13.0. The van der Waals surface area contributed by atoms with Crippen LogP contribution in [0.1, 0.15) is 52.1 Å². The van der Waals surface area contributed by atoms with Gasteiger partial charge in [-0.2, -0.15) is 0 Å². The van der Waals surface area contributed by atoms with Crippen molar-refractivity contribution in [3.63, 3.8) is 0 Å². The first kappa shape index (κ1) is 26.8. The minimum atomic E-state index is -0.923. The number of carboxylic acid groups (broad SMARTS) is 1. The minimum Gasteiger partial charge on any atom is -0.494 e. The molecule has 1 aliphatic heterocycles. The summed E-state index contributed by atoms with van der Waals surface area (Å²) in [6, 6.07) is 15.8. The molecule has 0 amide bonds. The molecule has 202 valence electrons. The number of aromatic nitrogens is 3. The Hall–Kier alpha value is -3.82. The molecule has 1 aliphatic rings. The van der Waals surface area contributed by atoms with Crippen LogP contribution >= 0.6 is 11.3 Å². The zero-order valence-corrected chi connectivity index (χ0v) is 23.7. The molecule has 5 rings (SSSR count). The fraction of sp³-hybridized carbons (Fsp3) is 0.333. The van der Waals surface area contributed by atoms with Gasteiger partial charge in [-0.1, -0.05) is 36.4 Å². The molecule has 2 aromatic carbocycles. The number of thiophene rings is 1. The first-order chi connectivity index (χ1) is 18.7. The number of ether oxygens (including phenoxy) is 1. The Morgan fingerprint density at radius 3 is 2.51 bits per heavy atom. The van der Waals surface area contributed by atoms with Crippen molar-refractivity contribution in [1.82, 2.24) is 19.7 Å². The third-order valence-electron chi connectivity index (χ3n) is 6.95. The van der Waals surface area contributed by atoms with Crippen molar-refractivity contribution in [2.24, 2.45) is 4.99 Å². The summed E-state index contributed by atoms with van der Waals surface area (Å²) in [5.41, 5.74) is 6.00. The van der Waals surface area contributed by atoms with Crippen LogP contribution in [-0.2, 0) is 4.79 Å². The Labute approximate surface area is 232 Å². The lowest BCUT2D eigenvalue weighted by Gasteiger charge is -2.12. The normalized spacial score (nSPS) is 14.5. The van der Waals surface area contributed by atoms with Gasteiger partial charge in [-0.3, -0.25) is 14.4 Å². The number of hydrogen-bond acceptors (Lipinski definition) is 7. The van der Waals surface area contributed by atoms with Gasteiger partial charge in [0.05, 0.1) is 18.7 Å². The largest absolute Gasteiger partial charge is 0.494 e. The lowest BCUT2D eigenvalue weighted by Crippen LogP contribution is -2.15. The molecule has 39 heavy (non-hydrogen) atoms. The fourth-order valence-corrected chi connectivity index (χ4v) is 6.06.